The van der Waals surface area contributed by atoms with Gasteiger partial charge in [-0.1, -0.05) is 84.0 Å². The van der Waals surface area contributed by atoms with Gasteiger partial charge in [0.1, 0.15) is 55.5 Å². The number of Topliss-reactive ketones (excluding diaryl/α,β-unsaturated/α-hetero) is 4. The highest BCUT2D eigenvalue weighted by molar-refractivity contribution is 5.89. The Kier molecular flexibility index (Phi) is 63.3. The normalized spacial score (nSPS) is 12.1. The number of carbonyl (C=O) groups excluding carboxylic acids is 9. The molecule has 34 nitrogen and oxygen atoms in total. The molecule has 119 heavy (non-hydrogen) atoms. The van der Waals surface area contributed by atoms with E-state index in [9.17, 15) is 82.4 Å². The molecule has 2 rings (SSSR count). The first-order valence-electron chi connectivity index (χ1n) is 42.1. The van der Waals surface area contributed by atoms with Crippen molar-refractivity contribution in [3.63, 3.8) is 0 Å². The molecule has 4 atom stereocenters. The average molecular weight is 1690 g/mol. The van der Waals surface area contributed by atoms with Crippen LogP contribution in [0.4, 0.5) is 0 Å². The predicted octanol–water partition coefficient (Wildman–Crippen LogP) is 8.51. The van der Waals surface area contributed by atoms with Crippen molar-refractivity contribution < 1.29 is 140 Å². The summed E-state index contributed by atoms with van der Waals surface area (Å²) in [7, 11) is 0. The van der Waals surface area contributed by atoms with Crippen LogP contribution < -0.4 is 36.1 Å². The van der Waals surface area contributed by atoms with Crippen LogP contribution >= 0.6 is 0 Å². The van der Waals surface area contributed by atoms with Crippen molar-refractivity contribution in [2.24, 2.45) is 17.8 Å². The minimum absolute atomic E-state index is 0.00462. The number of carboxylic acid groups (broad SMARTS) is 5. The number of unbranched alkanes of at least 4 members (excludes halogenated alkanes) is 14. The zero-order valence-corrected chi connectivity index (χ0v) is 69.6. The van der Waals surface area contributed by atoms with Crippen LogP contribution in [0.3, 0.4) is 0 Å². The van der Waals surface area contributed by atoms with Crippen LogP contribution in [0.2, 0.25) is 0 Å². The van der Waals surface area contributed by atoms with Crippen LogP contribution in [-0.2, 0) is 95.4 Å². The van der Waals surface area contributed by atoms with Gasteiger partial charge in [0.15, 0.2) is 11.6 Å². The largest absolute Gasteiger partial charge is 0.494 e. The maximum atomic E-state index is 13.0. The van der Waals surface area contributed by atoms with Gasteiger partial charge in [-0.15, -0.1) is 0 Å². The number of ether oxygens (including phenoxy) is 10. The summed E-state index contributed by atoms with van der Waals surface area (Å²) >= 11 is 0. The van der Waals surface area contributed by atoms with Crippen molar-refractivity contribution >= 4 is 82.5 Å². The molecule has 0 aliphatic rings. The first-order chi connectivity index (χ1) is 57.4. The summed E-state index contributed by atoms with van der Waals surface area (Å²) < 4.78 is 54.5. The highest BCUT2D eigenvalue weighted by Crippen LogP contribution is 2.21. The van der Waals surface area contributed by atoms with Crippen molar-refractivity contribution in [1.29, 1.82) is 0 Å². The van der Waals surface area contributed by atoms with E-state index >= 15 is 0 Å². The molecule has 34 heteroatoms. The quantitative estimate of drug-likeness (QED) is 0.0277. The van der Waals surface area contributed by atoms with Crippen LogP contribution in [-0.4, -0.2) is 259 Å². The molecule has 0 heterocycles. The fourth-order valence-electron chi connectivity index (χ4n) is 11.9. The van der Waals surface area contributed by atoms with Crippen LogP contribution in [0.1, 0.15) is 233 Å². The summed E-state index contributed by atoms with van der Waals surface area (Å²) in [6.07, 6.45) is 18.0. The summed E-state index contributed by atoms with van der Waals surface area (Å²) in [6, 6.07) is 11.3. The third-order valence-corrected chi connectivity index (χ3v) is 18.9. The zero-order chi connectivity index (χ0) is 87.1. The first kappa shape index (κ1) is 106. The molecule has 2 aromatic rings. The van der Waals surface area contributed by atoms with Gasteiger partial charge < -0.3 is 99.5 Å². The van der Waals surface area contributed by atoms with E-state index in [0.29, 0.717) is 109 Å². The van der Waals surface area contributed by atoms with Crippen LogP contribution in [0.25, 0.3) is 0 Å². The van der Waals surface area contributed by atoms with Gasteiger partial charge in [-0.25, -0.2) is 14.4 Å². The lowest BCUT2D eigenvalue weighted by Crippen LogP contribution is -2.43. The molecule has 10 N–H and O–H groups in total. The predicted molar refractivity (Wildman–Crippen MR) is 435 cm³/mol. The summed E-state index contributed by atoms with van der Waals surface area (Å²) in [5, 5.41) is 60.4. The maximum Gasteiger partial charge on any atom is 0.335 e. The SMILES string of the molecule is C[C@@H](CCCCNC(=O)CC[C@H](CC(=O)COCCOCCCC(=O)COCCOCCNC(=O)CCCCCCCCCOc1ccc(C(=O)O)cc1)C(=O)O)C(=O)C[C@@H](CCCCNC(=O)CC[C@H](NC(=O)COCCOCCNC(=O)COCCOCCCC(=O)CCCCCCCCCOc1ccc(C(=O)O)cc1)C(=O)O)C(=O)O. The topological polar surface area (TPSA) is 493 Å². The van der Waals surface area contributed by atoms with Crippen molar-refractivity contribution in [2.45, 2.75) is 218 Å². The Bertz CT molecular complexity index is 3210. The van der Waals surface area contributed by atoms with E-state index in [-0.39, 0.29) is 197 Å². The minimum atomic E-state index is -1.38. The second-order valence-corrected chi connectivity index (χ2v) is 29.1. The van der Waals surface area contributed by atoms with Crippen molar-refractivity contribution in [3.8, 4) is 11.5 Å². The number of aromatic carboxylic acids is 2. The summed E-state index contributed by atoms with van der Waals surface area (Å²) in [5.41, 5.74) is 0.447. The molecule has 0 saturated carbocycles. The summed E-state index contributed by atoms with van der Waals surface area (Å²) in [4.78, 5) is 169. The first-order valence-corrected chi connectivity index (χ1v) is 42.1. The van der Waals surface area contributed by atoms with Gasteiger partial charge in [0, 0.05) is 96.7 Å². The van der Waals surface area contributed by atoms with E-state index in [1.807, 2.05) is 0 Å². The third-order valence-electron chi connectivity index (χ3n) is 18.9. The molecule has 672 valence electrons. The minimum Gasteiger partial charge on any atom is -0.494 e. The van der Waals surface area contributed by atoms with Crippen LogP contribution in [0.5, 0.6) is 11.5 Å². The fraction of sp³-hybridized carbons (Fsp3) is 0.694. The summed E-state index contributed by atoms with van der Waals surface area (Å²) in [6.45, 7) is 5.16. The Hall–Kier alpha value is -8.90. The van der Waals surface area contributed by atoms with Gasteiger partial charge in [-0.2, -0.15) is 0 Å². The highest BCUT2D eigenvalue weighted by Gasteiger charge is 2.26. The van der Waals surface area contributed by atoms with Gasteiger partial charge in [-0.3, -0.25) is 52.7 Å². The average Bonchev–Trinajstić information content (AvgIpc) is 0.918. The number of benzene rings is 2. The molecular weight excluding hydrogens is 1550 g/mol. The molecule has 0 fully saturated rings. The monoisotopic (exact) mass is 1690 g/mol. The number of carbonyl (C=O) groups is 14. The number of amides is 5. The van der Waals surface area contributed by atoms with Crippen molar-refractivity contribution in [1.82, 2.24) is 26.6 Å². The number of nitrogens with one attached hydrogen (secondary N) is 5. The lowest BCUT2D eigenvalue weighted by Gasteiger charge is -2.16. The molecule has 0 saturated heterocycles. The fourth-order valence-corrected chi connectivity index (χ4v) is 11.9. The second kappa shape index (κ2) is 70.9. The standard InChI is InChI=1S/C85H133N5O29/c1-64(22-14-16-40-86-77(96)38-32-68(84(106)107)58-71(93)61-115-54-50-111-45-21-26-70(92)60-114-55-52-112-48-42-88-76(95)27-13-9-5-3-7-11-19-47-119-73-35-30-66(31-36-73)82(102)103)75(94)59-67(83(104)105)23-15-17-41-87-78(97)39-37-74(85(108)109)90-80(99)63-117-57-53-113-49-43-89-79(98)62-116-56-51-110-44-20-25-69(91)24-12-8-4-2-6-10-18-46-118-72-33-28-65(29-34-72)81(100)101/h28-31,33-36,64,67-68,74H,2-27,32,37-63H2,1H3,(H,86,96)(H,87,97)(H,88,95)(H,89,98)(H,90,99)(H,100,101)(H,102,103)(H,104,105)(H,106,107)(H,108,109)/t64-,67+,68+,74-/m0/s1. The van der Waals surface area contributed by atoms with Gasteiger partial charge in [0.25, 0.3) is 0 Å². The lowest BCUT2D eigenvalue weighted by atomic mass is 9.89. The molecule has 0 aromatic heterocycles. The van der Waals surface area contributed by atoms with E-state index in [2.05, 4.69) is 26.6 Å². The molecule has 2 aromatic carbocycles. The Morgan fingerprint density at radius 1 is 0.294 bits per heavy atom. The number of hydrogen-bond acceptors (Lipinski definition) is 24. The van der Waals surface area contributed by atoms with Gasteiger partial charge in [0.2, 0.25) is 29.5 Å². The van der Waals surface area contributed by atoms with Gasteiger partial charge in [-0.05, 0) is 126 Å². The zero-order valence-electron chi connectivity index (χ0n) is 69.6. The molecule has 0 unspecified atom stereocenters. The number of hydrogen-bond donors (Lipinski definition) is 10. The number of rotatable bonds is 83. The molecule has 0 aliphatic heterocycles. The van der Waals surface area contributed by atoms with Crippen LogP contribution in [0, 0.1) is 17.8 Å². The Labute approximate surface area is 698 Å². The smallest absolute Gasteiger partial charge is 0.335 e. The lowest BCUT2D eigenvalue weighted by molar-refractivity contribution is -0.145. The Balaban J connectivity index is 1.38. The number of ketones is 4. The number of carboxylic acids is 5. The Morgan fingerprint density at radius 2 is 0.672 bits per heavy atom. The van der Waals surface area contributed by atoms with E-state index in [4.69, 9.17) is 57.6 Å². The maximum absolute atomic E-state index is 13.0. The van der Waals surface area contributed by atoms with E-state index in [1.54, 1.807) is 31.2 Å². The molecule has 0 bridgehead atoms. The van der Waals surface area contributed by atoms with Crippen LogP contribution in [0.15, 0.2) is 48.5 Å². The molecular formula is C85H133N5O29. The molecule has 5 amide bonds. The van der Waals surface area contributed by atoms with Crippen molar-refractivity contribution in [2.75, 3.05) is 145 Å². The van der Waals surface area contributed by atoms with E-state index in [0.717, 1.165) is 89.9 Å². The molecule has 0 radical (unpaired) electrons. The Morgan fingerprint density at radius 3 is 1.16 bits per heavy atom. The van der Waals surface area contributed by atoms with Crippen molar-refractivity contribution in [3.05, 3.63) is 59.7 Å². The van der Waals surface area contributed by atoms with Gasteiger partial charge >= 0.3 is 29.8 Å². The summed E-state index contributed by atoms with van der Waals surface area (Å²) in [5.74, 6) is -9.43. The highest BCUT2D eigenvalue weighted by atomic mass is 16.5. The van der Waals surface area contributed by atoms with E-state index < -0.39 is 83.8 Å². The second-order valence-electron chi connectivity index (χ2n) is 29.1. The number of aliphatic carboxylic acids is 3. The third kappa shape index (κ3) is 61.1. The van der Waals surface area contributed by atoms with E-state index in [1.165, 1.54) is 24.3 Å². The molecule has 0 spiro atoms. The van der Waals surface area contributed by atoms with Gasteiger partial charge in [0.05, 0.1) is 102 Å². The molecule has 0 aliphatic carbocycles.